The summed E-state index contributed by atoms with van der Waals surface area (Å²) in [6, 6.07) is 17.5. The Labute approximate surface area is 141 Å². The molecule has 0 aliphatic rings. The molecule has 0 aliphatic heterocycles. The predicted octanol–water partition coefficient (Wildman–Crippen LogP) is 5.27. The van der Waals surface area contributed by atoms with Gasteiger partial charge in [0.2, 0.25) is 0 Å². The van der Waals surface area contributed by atoms with Crippen molar-refractivity contribution in [2.75, 3.05) is 5.32 Å². The zero-order chi connectivity index (χ0) is 14.7. The maximum absolute atomic E-state index is 12.3. The summed E-state index contributed by atoms with van der Waals surface area (Å²) in [6.07, 6.45) is 0. The van der Waals surface area contributed by atoms with Crippen molar-refractivity contribution in [1.29, 1.82) is 0 Å². The highest BCUT2D eigenvalue weighted by atomic mass is 127. The van der Waals surface area contributed by atoms with Crippen molar-refractivity contribution < 1.29 is 4.79 Å². The molecule has 1 N–H and O–H groups in total. The van der Waals surface area contributed by atoms with Gasteiger partial charge in [-0.2, -0.15) is 11.3 Å². The Morgan fingerprint density at radius 3 is 2.62 bits per heavy atom. The van der Waals surface area contributed by atoms with Gasteiger partial charge in [-0.05, 0) is 74.8 Å². The zero-order valence-electron chi connectivity index (χ0n) is 11.0. The average molecular weight is 405 g/mol. The monoisotopic (exact) mass is 405 g/mol. The second-order valence-electron chi connectivity index (χ2n) is 4.53. The third-order valence-corrected chi connectivity index (χ3v) is 4.72. The van der Waals surface area contributed by atoms with E-state index in [1.807, 2.05) is 53.9 Å². The highest BCUT2D eigenvalue weighted by Gasteiger charge is 2.09. The number of thiophene rings is 1. The molecule has 104 valence electrons. The number of amides is 1. The van der Waals surface area contributed by atoms with Crippen molar-refractivity contribution in [2.24, 2.45) is 0 Å². The first-order chi connectivity index (χ1) is 10.2. The molecule has 0 spiro atoms. The van der Waals surface area contributed by atoms with E-state index in [-0.39, 0.29) is 5.91 Å². The van der Waals surface area contributed by atoms with E-state index in [9.17, 15) is 4.79 Å². The molecule has 1 heterocycles. The number of hydrogen-bond donors (Lipinski definition) is 1. The quantitative estimate of drug-likeness (QED) is 0.591. The second-order valence-corrected chi connectivity index (χ2v) is 6.47. The summed E-state index contributed by atoms with van der Waals surface area (Å²) in [4.78, 5) is 12.3. The first-order valence-electron chi connectivity index (χ1n) is 6.42. The minimum absolute atomic E-state index is 0.0810. The van der Waals surface area contributed by atoms with Crippen molar-refractivity contribution >= 4 is 45.5 Å². The number of anilines is 1. The van der Waals surface area contributed by atoms with Crippen LogP contribution in [0.2, 0.25) is 0 Å². The molecule has 0 atom stereocenters. The van der Waals surface area contributed by atoms with Gasteiger partial charge in [-0.25, -0.2) is 0 Å². The van der Waals surface area contributed by atoms with Crippen LogP contribution in [0.25, 0.3) is 11.1 Å². The van der Waals surface area contributed by atoms with Crippen LogP contribution in [0, 0.1) is 3.57 Å². The summed E-state index contributed by atoms with van der Waals surface area (Å²) in [5.74, 6) is -0.0810. The summed E-state index contributed by atoms with van der Waals surface area (Å²) >= 11 is 3.84. The van der Waals surface area contributed by atoms with Crippen LogP contribution in [0.15, 0.2) is 65.4 Å². The molecule has 0 bridgehead atoms. The summed E-state index contributed by atoms with van der Waals surface area (Å²) < 4.78 is 0.946. The van der Waals surface area contributed by atoms with Crippen molar-refractivity contribution in [1.82, 2.24) is 0 Å². The maximum atomic E-state index is 12.3. The first-order valence-corrected chi connectivity index (χ1v) is 8.45. The molecule has 4 heteroatoms. The third-order valence-electron chi connectivity index (χ3n) is 3.09. The Bertz CT molecular complexity index is 768. The maximum Gasteiger partial charge on any atom is 0.256 e. The molecule has 0 saturated carbocycles. The van der Waals surface area contributed by atoms with Gasteiger partial charge in [0.1, 0.15) is 0 Å². The van der Waals surface area contributed by atoms with Crippen LogP contribution in [0.1, 0.15) is 10.4 Å². The van der Waals surface area contributed by atoms with Crippen molar-refractivity contribution in [3.05, 3.63) is 74.5 Å². The van der Waals surface area contributed by atoms with Crippen LogP contribution in [-0.2, 0) is 0 Å². The summed E-state index contributed by atoms with van der Waals surface area (Å²) in [7, 11) is 0. The van der Waals surface area contributed by atoms with Gasteiger partial charge in [0.15, 0.2) is 0 Å². The van der Waals surface area contributed by atoms with E-state index < -0.39 is 0 Å². The molecule has 2 aromatic carbocycles. The molecule has 0 fully saturated rings. The number of halogens is 1. The smallest absolute Gasteiger partial charge is 0.256 e. The number of nitrogens with one attached hydrogen (secondary N) is 1. The standard InChI is InChI=1S/C17H12INOS/c18-16-7-2-1-6-15(16)17(20)19-14-5-3-4-12(10-14)13-8-9-21-11-13/h1-11H,(H,19,20). The molecule has 0 saturated heterocycles. The minimum Gasteiger partial charge on any atom is -0.322 e. The number of carbonyl (C=O) groups excluding carboxylic acids is 1. The van der Waals surface area contributed by atoms with E-state index in [1.54, 1.807) is 11.3 Å². The fraction of sp³-hybridized carbons (Fsp3) is 0. The van der Waals surface area contributed by atoms with Gasteiger partial charge < -0.3 is 5.32 Å². The van der Waals surface area contributed by atoms with E-state index in [2.05, 4.69) is 39.4 Å². The molecule has 3 aromatic rings. The van der Waals surface area contributed by atoms with Gasteiger partial charge in [-0.15, -0.1) is 0 Å². The topological polar surface area (TPSA) is 29.1 Å². The first kappa shape index (κ1) is 14.3. The van der Waals surface area contributed by atoms with Crippen LogP contribution < -0.4 is 5.32 Å². The lowest BCUT2D eigenvalue weighted by molar-refractivity contribution is 0.102. The molecule has 2 nitrogen and oxygen atoms in total. The Hall–Kier alpha value is -1.66. The van der Waals surface area contributed by atoms with E-state index in [1.165, 1.54) is 5.56 Å². The molecule has 0 aliphatic carbocycles. The molecular weight excluding hydrogens is 393 g/mol. The van der Waals surface area contributed by atoms with Crippen LogP contribution in [-0.4, -0.2) is 5.91 Å². The lowest BCUT2D eigenvalue weighted by atomic mass is 10.1. The van der Waals surface area contributed by atoms with Crippen LogP contribution >= 0.6 is 33.9 Å². The highest BCUT2D eigenvalue weighted by Crippen LogP contribution is 2.25. The molecular formula is C17H12INOS. The minimum atomic E-state index is -0.0810. The van der Waals surface area contributed by atoms with Crippen LogP contribution in [0.3, 0.4) is 0 Å². The highest BCUT2D eigenvalue weighted by molar-refractivity contribution is 14.1. The number of rotatable bonds is 3. The largest absolute Gasteiger partial charge is 0.322 e. The molecule has 21 heavy (non-hydrogen) atoms. The summed E-state index contributed by atoms with van der Waals surface area (Å²) in [6.45, 7) is 0. The SMILES string of the molecule is O=C(Nc1cccc(-c2ccsc2)c1)c1ccccc1I. The lowest BCUT2D eigenvalue weighted by Crippen LogP contribution is -2.13. The third kappa shape index (κ3) is 3.33. The molecule has 0 unspecified atom stereocenters. The lowest BCUT2D eigenvalue weighted by Gasteiger charge is -2.08. The summed E-state index contributed by atoms with van der Waals surface area (Å²) in [5, 5.41) is 7.11. The van der Waals surface area contributed by atoms with Gasteiger partial charge in [-0.3, -0.25) is 4.79 Å². The average Bonchev–Trinajstić information content (AvgIpc) is 3.02. The molecule has 1 aromatic heterocycles. The van der Waals surface area contributed by atoms with Gasteiger partial charge in [-0.1, -0.05) is 24.3 Å². The Morgan fingerprint density at radius 1 is 1.00 bits per heavy atom. The van der Waals surface area contributed by atoms with Crippen LogP contribution in [0.4, 0.5) is 5.69 Å². The number of carbonyl (C=O) groups is 1. The number of benzene rings is 2. The van der Waals surface area contributed by atoms with Gasteiger partial charge in [0.25, 0.3) is 5.91 Å². The van der Waals surface area contributed by atoms with E-state index in [0.717, 1.165) is 14.8 Å². The van der Waals surface area contributed by atoms with Crippen LogP contribution in [0.5, 0.6) is 0 Å². The Morgan fingerprint density at radius 2 is 1.86 bits per heavy atom. The van der Waals surface area contributed by atoms with Crippen molar-refractivity contribution in [3.8, 4) is 11.1 Å². The molecule has 0 radical (unpaired) electrons. The fourth-order valence-corrected chi connectivity index (χ4v) is 3.35. The normalized spacial score (nSPS) is 10.3. The van der Waals surface area contributed by atoms with Gasteiger partial charge in [0, 0.05) is 9.26 Å². The second kappa shape index (κ2) is 6.41. The van der Waals surface area contributed by atoms with E-state index in [0.29, 0.717) is 5.56 Å². The Kier molecular flexibility index (Phi) is 4.36. The predicted molar refractivity (Wildman–Crippen MR) is 96.9 cm³/mol. The molecule has 1 amide bonds. The van der Waals surface area contributed by atoms with Gasteiger partial charge in [0.05, 0.1) is 5.56 Å². The van der Waals surface area contributed by atoms with Crippen molar-refractivity contribution in [2.45, 2.75) is 0 Å². The summed E-state index contributed by atoms with van der Waals surface area (Å²) in [5.41, 5.74) is 3.78. The number of hydrogen-bond acceptors (Lipinski definition) is 2. The van der Waals surface area contributed by atoms with Crippen molar-refractivity contribution in [3.63, 3.8) is 0 Å². The fourth-order valence-electron chi connectivity index (χ4n) is 2.05. The van der Waals surface area contributed by atoms with E-state index in [4.69, 9.17) is 0 Å². The Balaban J connectivity index is 1.84. The van der Waals surface area contributed by atoms with Gasteiger partial charge >= 0.3 is 0 Å². The zero-order valence-corrected chi connectivity index (χ0v) is 14.0. The van der Waals surface area contributed by atoms with E-state index >= 15 is 0 Å². The molecule has 3 rings (SSSR count).